The van der Waals surface area contributed by atoms with Crippen LogP contribution >= 0.6 is 0 Å². The van der Waals surface area contributed by atoms with Crippen LogP contribution in [-0.2, 0) is 4.79 Å². The molecule has 86 valence electrons. The summed E-state index contributed by atoms with van der Waals surface area (Å²) < 4.78 is 10.6. The average molecular weight is 223 g/mol. The molecule has 0 saturated carbocycles. The van der Waals surface area contributed by atoms with E-state index < -0.39 is 12.0 Å². The van der Waals surface area contributed by atoms with Crippen LogP contribution in [0.2, 0.25) is 0 Å². The Hall–Kier alpha value is -1.75. The Labute approximate surface area is 92.8 Å². The summed E-state index contributed by atoms with van der Waals surface area (Å²) in [5.41, 5.74) is 7.95. The van der Waals surface area contributed by atoms with Crippen molar-refractivity contribution in [3.63, 3.8) is 0 Å². The molecular weight excluding hydrogens is 210 g/mol. The highest BCUT2D eigenvalue weighted by atomic mass is 16.7. The zero-order valence-electron chi connectivity index (χ0n) is 9.11. The summed E-state index contributed by atoms with van der Waals surface area (Å²) in [5, 5.41) is 8.91. The van der Waals surface area contributed by atoms with E-state index in [-0.39, 0.29) is 6.79 Å². The van der Waals surface area contributed by atoms with Gasteiger partial charge in [-0.15, -0.1) is 0 Å². The number of ether oxygens (including phenoxy) is 2. The van der Waals surface area contributed by atoms with Gasteiger partial charge in [-0.05, 0) is 31.0 Å². The van der Waals surface area contributed by atoms with Crippen molar-refractivity contribution in [3.8, 4) is 11.5 Å². The number of hydrogen-bond donors (Lipinski definition) is 2. The van der Waals surface area contributed by atoms with Crippen LogP contribution in [-0.4, -0.2) is 17.9 Å². The van der Waals surface area contributed by atoms with Gasteiger partial charge in [0.2, 0.25) is 6.79 Å². The highest BCUT2D eigenvalue weighted by Crippen LogP contribution is 2.42. The summed E-state index contributed by atoms with van der Waals surface area (Å²) in [7, 11) is 0. The number of benzene rings is 1. The molecule has 2 rings (SSSR count). The Morgan fingerprint density at radius 3 is 2.69 bits per heavy atom. The molecule has 5 nitrogen and oxygen atoms in total. The smallest absolute Gasteiger partial charge is 0.325 e. The third-order valence-corrected chi connectivity index (χ3v) is 2.78. The minimum absolute atomic E-state index is 0.110. The van der Waals surface area contributed by atoms with Gasteiger partial charge in [0.15, 0.2) is 11.5 Å². The minimum atomic E-state index is -1.09. The number of hydrogen-bond acceptors (Lipinski definition) is 4. The summed E-state index contributed by atoms with van der Waals surface area (Å²) in [6, 6.07) is 0.650. The van der Waals surface area contributed by atoms with Crippen molar-refractivity contribution >= 4 is 5.97 Å². The molecule has 16 heavy (non-hydrogen) atoms. The van der Waals surface area contributed by atoms with Crippen molar-refractivity contribution in [3.05, 3.63) is 22.8 Å². The van der Waals surface area contributed by atoms with Crippen molar-refractivity contribution in [2.45, 2.75) is 19.9 Å². The molecular formula is C11H13NO4. The van der Waals surface area contributed by atoms with Crippen LogP contribution in [0.4, 0.5) is 0 Å². The first-order valence-corrected chi connectivity index (χ1v) is 4.90. The zero-order chi connectivity index (χ0) is 11.9. The molecule has 1 aromatic rings. The highest BCUT2D eigenvalue weighted by molar-refractivity contribution is 5.77. The lowest BCUT2D eigenvalue weighted by Gasteiger charge is -2.13. The Morgan fingerprint density at radius 2 is 2.06 bits per heavy atom. The second-order valence-electron chi connectivity index (χ2n) is 3.79. The van der Waals surface area contributed by atoms with Gasteiger partial charge in [0.1, 0.15) is 6.04 Å². The Kier molecular flexibility index (Phi) is 2.47. The van der Waals surface area contributed by atoms with Crippen LogP contribution < -0.4 is 15.2 Å². The van der Waals surface area contributed by atoms with E-state index in [2.05, 4.69) is 0 Å². The average Bonchev–Trinajstić information content (AvgIpc) is 2.71. The molecule has 0 fully saturated rings. The maximum atomic E-state index is 10.9. The second-order valence-corrected chi connectivity index (χ2v) is 3.79. The number of aliphatic carboxylic acids is 1. The van der Waals surface area contributed by atoms with Gasteiger partial charge in [-0.25, -0.2) is 0 Å². The molecule has 5 heteroatoms. The number of carboxylic acid groups (broad SMARTS) is 1. The highest BCUT2D eigenvalue weighted by Gasteiger charge is 2.27. The lowest BCUT2D eigenvalue weighted by Crippen LogP contribution is -2.21. The van der Waals surface area contributed by atoms with Crippen molar-refractivity contribution in [1.82, 2.24) is 0 Å². The van der Waals surface area contributed by atoms with Gasteiger partial charge < -0.3 is 20.3 Å². The molecule has 1 aliphatic rings. The van der Waals surface area contributed by atoms with Crippen molar-refractivity contribution < 1.29 is 19.4 Å². The molecule has 1 aliphatic heterocycles. The zero-order valence-corrected chi connectivity index (χ0v) is 9.11. The molecule has 1 atom stereocenters. The fourth-order valence-corrected chi connectivity index (χ4v) is 1.72. The topological polar surface area (TPSA) is 81.8 Å². The van der Waals surface area contributed by atoms with Crippen LogP contribution in [0.1, 0.15) is 22.7 Å². The van der Waals surface area contributed by atoms with Gasteiger partial charge in [-0.3, -0.25) is 4.79 Å². The van der Waals surface area contributed by atoms with Crippen LogP contribution in [0.3, 0.4) is 0 Å². The van der Waals surface area contributed by atoms with Gasteiger partial charge >= 0.3 is 5.97 Å². The molecule has 0 aliphatic carbocycles. The molecule has 1 heterocycles. The third-order valence-electron chi connectivity index (χ3n) is 2.78. The predicted molar refractivity (Wildman–Crippen MR) is 56.6 cm³/mol. The lowest BCUT2D eigenvalue weighted by atomic mass is 9.99. The number of aryl methyl sites for hydroxylation is 1. The van der Waals surface area contributed by atoms with E-state index in [1.165, 1.54) is 0 Å². The monoisotopic (exact) mass is 223 g/mol. The predicted octanol–water partition coefficient (Wildman–Crippen LogP) is 1.12. The van der Waals surface area contributed by atoms with E-state index >= 15 is 0 Å². The van der Waals surface area contributed by atoms with Gasteiger partial charge in [-0.2, -0.15) is 0 Å². The fourth-order valence-electron chi connectivity index (χ4n) is 1.72. The quantitative estimate of drug-likeness (QED) is 0.785. The summed E-state index contributed by atoms with van der Waals surface area (Å²) in [4.78, 5) is 10.9. The largest absolute Gasteiger partial charge is 0.480 e. The van der Waals surface area contributed by atoms with E-state index in [9.17, 15) is 4.79 Å². The maximum absolute atomic E-state index is 10.9. The van der Waals surface area contributed by atoms with Crippen molar-refractivity contribution in [2.75, 3.05) is 6.79 Å². The fraction of sp³-hybridized carbons (Fsp3) is 0.364. The molecule has 3 N–H and O–H groups in total. The SMILES string of the molecule is Cc1cc(C(N)C(=O)O)c2c(c1C)OCO2. The van der Waals surface area contributed by atoms with Gasteiger partial charge in [-0.1, -0.05) is 0 Å². The molecule has 0 saturated heterocycles. The van der Waals surface area contributed by atoms with Crippen molar-refractivity contribution in [2.24, 2.45) is 5.73 Å². The first-order valence-electron chi connectivity index (χ1n) is 4.90. The lowest BCUT2D eigenvalue weighted by molar-refractivity contribution is -0.138. The van der Waals surface area contributed by atoms with Crippen LogP contribution in [0, 0.1) is 13.8 Å². The van der Waals surface area contributed by atoms with Crippen LogP contribution in [0.15, 0.2) is 6.07 Å². The first kappa shape index (κ1) is 10.8. The van der Waals surface area contributed by atoms with Crippen molar-refractivity contribution in [1.29, 1.82) is 0 Å². The molecule has 1 aromatic carbocycles. The Bertz CT molecular complexity index is 456. The van der Waals surface area contributed by atoms with Gasteiger partial charge in [0.25, 0.3) is 0 Å². The van der Waals surface area contributed by atoms with E-state index in [0.29, 0.717) is 17.1 Å². The molecule has 0 spiro atoms. The number of carbonyl (C=O) groups is 1. The summed E-state index contributed by atoms with van der Waals surface area (Å²) in [5.74, 6) is -0.0225. The maximum Gasteiger partial charge on any atom is 0.325 e. The number of fused-ring (bicyclic) bond motifs is 1. The molecule has 1 unspecified atom stereocenters. The normalized spacial score (nSPS) is 14.9. The molecule has 0 bridgehead atoms. The first-order chi connectivity index (χ1) is 7.52. The van der Waals surface area contributed by atoms with Crippen LogP contribution in [0.25, 0.3) is 0 Å². The molecule has 0 amide bonds. The van der Waals surface area contributed by atoms with E-state index in [4.69, 9.17) is 20.3 Å². The Balaban J connectivity index is 2.59. The van der Waals surface area contributed by atoms with E-state index in [0.717, 1.165) is 11.1 Å². The number of rotatable bonds is 2. The summed E-state index contributed by atoms with van der Waals surface area (Å²) in [6.07, 6.45) is 0. The van der Waals surface area contributed by atoms with E-state index in [1.54, 1.807) is 6.07 Å². The number of carboxylic acids is 1. The second kappa shape index (κ2) is 3.68. The molecule has 0 aromatic heterocycles. The summed E-state index contributed by atoms with van der Waals surface area (Å²) >= 11 is 0. The van der Waals surface area contributed by atoms with Crippen LogP contribution in [0.5, 0.6) is 11.5 Å². The number of nitrogens with two attached hydrogens (primary N) is 1. The van der Waals surface area contributed by atoms with Gasteiger partial charge in [0, 0.05) is 5.56 Å². The molecule has 0 radical (unpaired) electrons. The minimum Gasteiger partial charge on any atom is -0.480 e. The van der Waals surface area contributed by atoms with Gasteiger partial charge in [0.05, 0.1) is 0 Å². The standard InChI is InChI=1S/C11H13NO4/c1-5-3-7(8(12)11(13)14)10-9(6(5)2)15-4-16-10/h3,8H,4,12H2,1-2H3,(H,13,14). The Morgan fingerprint density at radius 1 is 1.44 bits per heavy atom. The third kappa shape index (κ3) is 1.49. The van der Waals surface area contributed by atoms with E-state index in [1.807, 2.05) is 13.8 Å². The summed E-state index contributed by atoms with van der Waals surface area (Å²) in [6.45, 7) is 3.90.